The molecule has 3 rings (SSSR count). The van der Waals surface area contributed by atoms with Crippen molar-refractivity contribution >= 4 is 15.9 Å². The highest BCUT2D eigenvalue weighted by atomic mass is 79.9. The van der Waals surface area contributed by atoms with Gasteiger partial charge in [-0.2, -0.15) is 0 Å². The molecule has 4 heteroatoms. The number of hydrogen-bond acceptors (Lipinski definition) is 2. The Morgan fingerprint density at radius 3 is 2.70 bits per heavy atom. The van der Waals surface area contributed by atoms with Crippen LogP contribution in [0.2, 0.25) is 0 Å². The first-order valence-electron chi connectivity index (χ1n) is 7.27. The van der Waals surface area contributed by atoms with Crippen LogP contribution in [0.25, 0.3) is 0 Å². The molecule has 1 aliphatic carbocycles. The number of benzene rings is 1. The predicted molar refractivity (Wildman–Crippen MR) is 84.7 cm³/mol. The van der Waals surface area contributed by atoms with Crippen LogP contribution < -0.4 is 5.32 Å². The van der Waals surface area contributed by atoms with E-state index in [-0.39, 0.29) is 0 Å². The van der Waals surface area contributed by atoms with Gasteiger partial charge >= 0.3 is 0 Å². The number of halogens is 1. The lowest BCUT2D eigenvalue weighted by molar-refractivity contribution is 0.259. The largest absolute Gasteiger partial charge is 0.347 e. The fraction of sp³-hybridized carbons (Fsp3) is 0.438. The Kier molecular flexibility index (Phi) is 4.22. The minimum atomic E-state index is 0.348. The fourth-order valence-electron chi connectivity index (χ4n) is 2.90. The third-order valence-corrected chi connectivity index (χ3v) is 4.70. The number of imidazole rings is 1. The Hall–Kier alpha value is -1.13. The highest BCUT2D eigenvalue weighted by molar-refractivity contribution is 9.10. The highest BCUT2D eigenvalue weighted by Crippen LogP contribution is 2.38. The average molecular weight is 334 g/mol. The van der Waals surface area contributed by atoms with Gasteiger partial charge < -0.3 is 10.3 Å². The number of nitrogens with one attached hydrogen (secondary N) is 2. The lowest BCUT2D eigenvalue weighted by Crippen LogP contribution is -2.42. The zero-order valence-corrected chi connectivity index (χ0v) is 13.2. The van der Waals surface area contributed by atoms with Crippen molar-refractivity contribution in [1.29, 1.82) is 0 Å². The van der Waals surface area contributed by atoms with Crippen LogP contribution in [0.1, 0.15) is 49.5 Å². The highest BCUT2D eigenvalue weighted by Gasteiger charge is 2.31. The van der Waals surface area contributed by atoms with Crippen molar-refractivity contribution in [2.75, 3.05) is 0 Å². The van der Waals surface area contributed by atoms with Crippen LogP contribution in [-0.4, -0.2) is 16.0 Å². The number of hydrogen-bond donors (Lipinski definition) is 2. The van der Waals surface area contributed by atoms with E-state index >= 15 is 0 Å². The average Bonchev–Trinajstić information content (AvgIpc) is 2.93. The van der Waals surface area contributed by atoms with Crippen molar-refractivity contribution in [3.05, 3.63) is 52.5 Å². The van der Waals surface area contributed by atoms with Crippen molar-refractivity contribution in [1.82, 2.24) is 15.3 Å². The third-order valence-electron chi connectivity index (χ3n) is 4.17. The molecule has 0 bridgehead atoms. The van der Waals surface area contributed by atoms with Gasteiger partial charge in [0.05, 0.1) is 6.04 Å². The number of H-pyrrole nitrogens is 1. The molecular weight excluding hydrogens is 314 g/mol. The van der Waals surface area contributed by atoms with E-state index in [1.807, 2.05) is 12.4 Å². The smallest absolute Gasteiger partial charge is 0.123 e. The molecular formula is C16H20BrN3. The molecule has 1 fully saturated rings. The van der Waals surface area contributed by atoms with Crippen molar-refractivity contribution in [3.8, 4) is 0 Å². The molecule has 1 atom stereocenters. The van der Waals surface area contributed by atoms with Gasteiger partial charge in [-0.25, -0.2) is 4.98 Å². The number of aromatic amines is 1. The first kappa shape index (κ1) is 13.8. The summed E-state index contributed by atoms with van der Waals surface area (Å²) in [6, 6.07) is 9.69. The van der Waals surface area contributed by atoms with Gasteiger partial charge in [-0.05, 0) is 42.9 Å². The molecule has 1 aromatic carbocycles. The van der Waals surface area contributed by atoms with Crippen LogP contribution in [0.4, 0.5) is 0 Å². The molecule has 0 spiro atoms. The first-order valence-corrected chi connectivity index (χ1v) is 8.06. The minimum absolute atomic E-state index is 0.348. The fourth-order valence-corrected chi connectivity index (χ4v) is 3.17. The summed E-state index contributed by atoms with van der Waals surface area (Å²) in [6.07, 6.45) is 7.22. The van der Waals surface area contributed by atoms with Crippen LogP contribution in [0, 0.1) is 0 Å². The topological polar surface area (TPSA) is 40.7 Å². The monoisotopic (exact) mass is 333 g/mol. The third kappa shape index (κ3) is 2.96. The van der Waals surface area contributed by atoms with Gasteiger partial charge in [0.1, 0.15) is 5.82 Å². The van der Waals surface area contributed by atoms with Crippen molar-refractivity contribution in [3.63, 3.8) is 0 Å². The van der Waals surface area contributed by atoms with E-state index in [2.05, 4.69) is 62.4 Å². The molecule has 2 aromatic rings. The van der Waals surface area contributed by atoms with E-state index in [0.717, 1.165) is 16.7 Å². The maximum absolute atomic E-state index is 4.36. The Morgan fingerprint density at radius 2 is 2.10 bits per heavy atom. The number of nitrogens with zero attached hydrogens (tertiary/aromatic N) is 1. The van der Waals surface area contributed by atoms with Crippen LogP contribution in [0.15, 0.2) is 41.1 Å². The first-order chi connectivity index (χ1) is 9.76. The summed E-state index contributed by atoms with van der Waals surface area (Å²) >= 11 is 3.49. The molecule has 1 heterocycles. The van der Waals surface area contributed by atoms with Gasteiger partial charge in [-0.1, -0.05) is 35.0 Å². The number of rotatable bonds is 5. The zero-order chi connectivity index (χ0) is 13.9. The molecule has 1 saturated carbocycles. The maximum Gasteiger partial charge on any atom is 0.123 e. The van der Waals surface area contributed by atoms with Crippen LogP contribution >= 0.6 is 15.9 Å². The van der Waals surface area contributed by atoms with E-state index in [1.54, 1.807) is 0 Å². The Balaban J connectivity index is 1.54. The van der Waals surface area contributed by atoms with E-state index < -0.39 is 0 Å². The van der Waals surface area contributed by atoms with Crippen LogP contribution in [0.3, 0.4) is 0 Å². The van der Waals surface area contributed by atoms with Crippen molar-refractivity contribution in [2.24, 2.45) is 0 Å². The molecule has 0 saturated heterocycles. The van der Waals surface area contributed by atoms with Crippen molar-refractivity contribution in [2.45, 2.75) is 44.2 Å². The lowest BCUT2D eigenvalue weighted by atomic mass is 9.75. The van der Waals surface area contributed by atoms with E-state index in [1.165, 1.54) is 18.4 Å². The Morgan fingerprint density at radius 1 is 1.35 bits per heavy atom. The molecule has 20 heavy (non-hydrogen) atoms. The second kappa shape index (κ2) is 6.10. The van der Waals surface area contributed by atoms with Gasteiger partial charge in [-0.3, -0.25) is 0 Å². The Bertz CT molecular complexity index is 529. The molecule has 1 aliphatic rings. The summed E-state index contributed by atoms with van der Waals surface area (Å²) in [5.41, 5.74) is 1.46. The van der Waals surface area contributed by atoms with Gasteiger partial charge in [0.15, 0.2) is 0 Å². The summed E-state index contributed by atoms with van der Waals surface area (Å²) in [4.78, 5) is 7.57. The van der Waals surface area contributed by atoms with E-state index in [0.29, 0.717) is 18.0 Å². The van der Waals surface area contributed by atoms with Gasteiger partial charge in [0.2, 0.25) is 0 Å². The van der Waals surface area contributed by atoms with Crippen LogP contribution in [-0.2, 0) is 0 Å². The second-order valence-corrected chi connectivity index (χ2v) is 6.43. The summed E-state index contributed by atoms with van der Waals surface area (Å²) in [7, 11) is 0. The van der Waals surface area contributed by atoms with Gasteiger partial charge in [-0.15, -0.1) is 0 Å². The van der Waals surface area contributed by atoms with Gasteiger partial charge in [0, 0.05) is 22.9 Å². The molecule has 1 aromatic heterocycles. The predicted octanol–water partition coefficient (Wildman–Crippen LogP) is 4.16. The Labute approximate surface area is 128 Å². The molecule has 0 aliphatic heterocycles. The van der Waals surface area contributed by atoms with Crippen LogP contribution in [0.5, 0.6) is 0 Å². The zero-order valence-electron chi connectivity index (χ0n) is 11.6. The lowest BCUT2D eigenvalue weighted by Gasteiger charge is -2.38. The van der Waals surface area contributed by atoms with E-state index in [4.69, 9.17) is 0 Å². The summed E-state index contributed by atoms with van der Waals surface area (Å²) in [6.45, 7) is 2.20. The molecule has 1 unspecified atom stereocenters. The van der Waals surface area contributed by atoms with Gasteiger partial charge in [0.25, 0.3) is 0 Å². The second-order valence-electron chi connectivity index (χ2n) is 5.52. The minimum Gasteiger partial charge on any atom is -0.347 e. The molecule has 0 radical (unpaired) electrons. The molecule has 0 amide bonds. The summed E-state index contributed by atoms with van der Waals surface area (Å²) in [5, 5.41) is 3.71. The quantitative estimate of drug-likeness (QED) is 0.862. The molecule has 106 valence electrons. The maximum atomic E-state index is 4.36. The van der Waals surface area contributed by atoms with Crippen molar-refractivity contribution < 1.29 is 0 Å². The van der Waals surface area contributed by atoms with E-state index in [9.17, 15) is 0 Å². The number of aromatic nitrogens is 2. The molecule has 2 N–H and O–H groups in total. The standard InChI is InChI=1S/C16H20BrN3/c1-2-15(16-18-7-8-19-16)20-14-9-12(10-14)11-3-5-13(17)6-4-11/h3-8,12,14-15,20H,2,9-10H2,1H3,(H,18,19). The molecule has 3 nitrogen and oxygen atoms in total. The normalized spacial score (nSPS) is 23.3. The summed E-state index contributed by atoms with van der Waals surface area (Å²) in [5.74, 6) is 1.76. The SMILES string of the molecule is CCC(NC1CC(c2ccc(Br)cc2)C1)c1ncc[nH]1. The summed E-state index contributed by atoms with van der Waals surface area (Å²) < 4.78 is 1.15.